The van der Waals surface area contributed by atoms with E-state index < -0.39 is 0 Å². The molecule has 0 saturated carbocycles. The van der Waals surface area contributed by atoms with E-state index in [4.69, 9.17) is 0 Å². The van der Waals surface area contributed by atoms with Crippen LogP contribution in [0.15, 0.2) is 35.4 Å². The zero-order chi connectivity index (χ0) is 20.1. The predicted molar refractivity (Wildman–Crippen MR) is 110 cm³/mol. The van der Waals surface area contributed by atoms with Crippen LogP contribution in [0.2, 0.25) is 0 Å². The minimum Gasteiger partial charge on any atom is -0.357 e. The van der Waals surface area contributed by atoms with Gasteiger partial charge in [-0.3, -0.25) is 14.0 Å². The van der Waals surface area contributed by atoms with Gasteiger partial charge in [0.15, 0.2) is 5.65 Å². The zero-order valence-corrected chi connectivity index (χ0v) is 16.3. The highest BCUT2D eigenvalue weighted by Gasteiger charge is 2.38. The maximum Gasteiger partial charge on any atom is 0.263 e. The lowest BCUT2D eigenvalue weighted by molar-refractivity contribution is 0.0988. The lowest BCUT2D eigenvalue weighted by Crippen LogP contribution is -2.40. The van der Waals surface area contributed by atoms with Gasteiger partial charge in [-0.2, -0.15) is 4.98 Å². The van der Waals surface area contributed by atoms with Crippen molar-refractivity contribution in [2.24, 2.45) is 0 Å². The van der Waals surface area contributed by atoms with Crippen molar-refractivity contribution in [2.45, 2.75) is 25.8 Å². The average molecular weight is 391 g/mol. The molecule has 29 heavy (non-hydrogen) atoms. The standard InChI is InChI=1S/C20H21N7O2/c1-12-9-16(28)26-8-4-6-15(18(26)23-12)27-11-13-5-3-7-25(13)17-14(19(27)29)10-22-20(21-2)24-17/h4,6,8-10,13H,3,5,7,11H2,1-2H3,(H,21,22,24)/t13-/m0/s1. The number of rotatable bonds is 2. The fourth-order valence-electron chi connectivity index (χ4n) is 4.25. The Morgan fingerprint density at radius 3 is 2.93 bits per heavy atom. The van der Waals surface area contributed by atoms with Crippen LogP contribution in [0.5, 0.6) is 0 Å². The molecule has 2 aliphatic rings. The highest BCUT2D eigenvalue weighted by atomic mass is 16.2. The number of pyridine rings is 1. The molecule has 5 rings (SSSR count). The van der Waals surface area contributed by atoms with Gasteiger partial charge in [0.05, 0.1) is 5.69 Å². The third kappa shape index (κ3) is 2.72. The Labute approximate surface area is 167 Å². The second-order valence-electron chi connectivity index (χ2n) is 7.41. The van der Waals surface area contributed by atoms with Crippen molar-refractivity contribution in [1.82, 2.24) is 19.4 Å². The van der Waals surface area contributed by atoms with E-state index in [2.05, 4.69) is 25.2 Å². The van der Waals surface area contributed by atoms with E-state index in [-0.39, 0.29) is 17.5 Å². The van der Waals surface area contributed by atoms with Crippen LogP contribution in [-0.4, -0.2) is 51.4 Å². The Bertz CT molecular complexity index is 1190. The van der Waals surface area contributed by atoms with Crippen LogP contribution in [0.25, 0.3) is 5.65 Å². The smallest absolute Gasteiger partial charge is 0.263 e. The number of fused-ring (bicyclic) bond motifs is 4. The van der Waals surface area contributed by atoms with Crippen molar-refractivity contribution in [3.05, 3.63) is 52.2 Å². The number of carbonyl (C=O) groups is 1. The van der Waals surface area contributed by atoms with Crippen molar-refractivity contribution in [3.8, 4) is 0 Å². The van der Waals surface area contributed by atoms with Crippen LogP contribution in [-0.2, 0) is 0 Å². The summed E-state index contributed by atoms with van der Waals surface area (Å²) in [6.45, 7) is 3.14. The summed E-state index contributed by atoms with van der Waals surface area (Å²) >= 11 is 0. The molecular formula is C20H21N7O2. The van der Waals surface area contributed by atoms with Crippen LogP contribution < -0.4 is 20.7 Å². The van der Waals surface area contributed by atoms with E-state index in [0.717, 1.165) is 19.4 Å². The molecule has 148 valence electrons. The van der Waals surface area contributed by atoms with Gasteiger partial charge < -0.3 is 15.1 Å². The quantitative estimate of drug-likeness (QED) is 0.707. The van der Waals surface area contributed by atoms with Crippen molar-refractivity contribution >= 4 is 29.0 Å². The number of nitrogens with one attached hydrogen (secondary N) is 1. The molecule has 2 aliphatic heterocycles. The van der Waals surface area contributed by atoms with E-state index >= 15 is 0 Å². The summed E-state index contributed by atoms with van der Waals surface area (Å²) in [7, 11) is 1.76. The Hall–Kier alpha value is -3.49. The van der Waals surface area contributed by atoms with Crippen molar-refractivity contribution in [3.63, 3.8) is 0 Å². The maximum atomic E-state index is 13.6. The second kappa shape index (κ2) is 6.54. The molecule has 0 spiro atoms. The van der Waals surface area contributed by atoms with Crippen LogP contribution in [0.4, 0.5) is 17.5 Å². The Kier molecular flexibility index (Phi) is 3.97. The van der Waals surface area contributed by atoms with E-state index in [1.807, 2.05) is 6.07 Å². The summed E-state index contributed by atoms with van der Waals surface area (Å²) in [5.41, 5.74) is 2.02. The number of aryl methyl sites for hydroxylation is 1. The topological polar surface area (TPSA) is 95.7 Å². The molecule has 1 amide bonds. The van der Waals surface area contributed by atoms with Crippen molar-refractivity contribution in [1.29, 1.82) is 0 Å². The molecule has 3 aromatic rings. The summed E-state index contributed by atoms with van der Waals surface area (Å²) in [6, 6.07) is 5.25. The molecule has 3 aromatic heterocycles. The van der Waals surface area contributed by atoms with E-state index in [9.17, 15) is 9.59 Å². The molecule has 1 saturated heterocycles. The third-order valence-electron chi connectivity index (χ3n) is 5.60. The van der Waals surface area contributed by atoms with E-state index in [1.54, 1.807) is 37.3 Å². The number of nitrogens with zero attached hydrogens (tertiary/aromatic N) is 6. The Morgan fingerprint density at radius 1 is 1.24 bits per heavy atom. The minimum absolute atomic E-state index is 0.150. The molecule has 5 heterocycles. The van der Waals surface area contributed by atoms with Crippen LogP contribution in [0.1, 0.15) is 28.9 Å². The number of aromatic nitrogens is 4. The fraction of sp³-hybridized carbons (Fsp3) is 0.350. The SMILES string of the molecule is CNc1ncc2c(n1)N1CCC[C@H]1CN(c1cccn3c(=O)cc(C)nc13)C2=O. The molecule has 9 nitrogen and oxygen atoms in total. The van der Waals surface area contributed by atoms with Gasteiger partial charge >= 0.3 is 0 Å². The summed E-state index contributed by atoms with van der Waals surface area (Å²) < 4.78 is 1.48. The first-order valence-electron chi connectivity index (χ1n) is 9.69. The first kappa shape index (κ1) is 17.6. The first-order valence-corrected chi connectivity index (χ1v) is 9.69. The van der Waals surface area contributed by atoms with Crippen LogP contribution >= 0.6 is 0 Å². The number of carbonyl (C=O) groups excluding carboxylic acids is 1. The first-order chi connectivity index (χ1) is 14.1. The Balaban J connectivity index is 1.71. The highest BCUT2D eigenvalue weighted by molar-refractivity contribution is 6.11. The Morgan fingerprint density at radius 2 is 2.10 bits per heavy atom. The minimum atomic E-state index is -0.180. The summed E-state index contributed by atoms with van der Waals surface area (Å²) in [6.07, 6.45) is 5.27. The average Bonchev–Trinajstić information content (AvgIpc) is 3.15. The van der Waals surface area contributed by atoms with Gasteiger partial charge in [0.2, 0.25) is 5.95 Å². The summed E-state index contributed by atoms with van der Waals surface area (Å²) in [4.78, 5) is 43.3. The fourth-order valence-corrected chi connectivity index (χ4v) is 4.25. The van der Waals surface area contributed by atoms with Crippen molar-refractivity contribution in [2.75, 3.05) is 35.3 Å². The van der Waals surface area contributed by atoms with Gasteiger partial charge in [-0.15, -0.1) is 0 Å². The van der Waals surface area contributed by atoms with Gasteiger partial charge in [-0.25, -0.2) is 9.97 Å². The number of hydrogen-bond donors (Lipinski definition) is 1. The van der Waals surface area contributed by atoms with Gasteiger partial charge in [0, 0.05) is 50.3 Å². The van der Waals surface area contributed by atoms with E-state index in [1.165, 1.54) is 10.5 Å². The molecule has 1 atom stereocenters. The molecule has 0 aromatic carbocycles. The number of amides is 1. The van der Waals surface area contributed by atoms with Gasteiger partial charge in [0.25, 0.3) is 11.5 Å². The third-order valence-corrected chi connectivity index (χ3v) is 5.60. The maximum absolute atomic E-state index is 13.6. The van der Waals surface area contributed by atoms with Gasteiger partial charge in [-0.1, -0.05) is 0 Å². The second-order valence-corrected chi connectivity index (χ2v) is 7.41. The molecule has 0 radical (unpaired) electrons. The normalized spacial score (nSPS) is 18.6. The monoisotopic (exact) mass is 391 g/mol. The predicted octanol–water partition coefficient (Wildman–Crippen LogP) is 1.46. The molecular weight excluding hydrogens is 370 g/mol. The van der Waals surface area contributed by atoms with Crippen LogP contribution in [0, 0.1) is 6.92 Å². The largest absolute Gasteiger partial charge is 0.357 e. The summed E-state index contributed by atoms with van der Waals surface area (Å²) in [5, 5.41) is 2.95. The zero-order valence-electron chi connectivity index (χ0n) is 16.3. The molecule has 1 N–H and O–H groups in total. The molecule has 0 bridgehead atoms. The van der Waals surface area contributed by atoms with E-state index in [0.29, 0.717) is 40.9 Å². The van der Waals surface area contributed by atoms with Gasteiger partial charge in [0.1, 0.15) is 11.4 Å². The lowest BCUT2D eigenvalue weighted by Gasteiger charge is -2.27. The lowest BCUT2D eigenvalue weighted by atomic mass is 10.2. The van der Waals surface area contributed by atoms with Crippen molar-refractivity contribution < 1.29 is 4.79 Å². The van der Waals surface area contributed by atoms with Crippen LogP contribution in [0.3, 0.4) is 0 Å². The number of anilines is 3. The van der Waals surface area contributed by atoms with Gasteiger partial charge in [-0.05, 0) is 31.9 Å². The molecule has 1 fully saturated rings. The molecule has 0 aliphatic carbocycles. The molecule has 0 unspecified atom stereocenters. The summed E-state index contributed by atoms with van der Waals surface area (Å²) in [5.74, 6) is 0.978. The number of hydrogen-bond acceptors (Lipinski definition) is 7. The highest BCUT2D eigenvalue weighted by Crippen LogP contribution is 2.34. The molecule has 9 heteroatoms.